The van der Waals surface area contributed by atoms with Crippen molar-refractivity contribution >= 4 is 28.9 Å². The van der Waals surface area contributed by atoms with Gasteiger partial charge >= 0.3 is 0 Å². The standard InChI is InChI=1S/C20H16N4O4/c25-19(12-14-3-9-18(10-4-14)24(27)28)22-16-7-5-15(6-8-16)20(26)23-17-2-1-11-21-13-17/h1-11,13H,12H2,(H,22,25)(H,23,26). The fourth-order valence-corrected chi connectivity index (χ4v) is 2.47. The molecule has 8 nitrogen and oxygen atoms in total. The van der Waals surface area contributed by atoms with Gasteiger partial charge in [0.15, 0.2) is 0 Å². The van der Waals surface area contributed by atoms with Crippen molar-refractivity contribution in [1.29, 1.82) is 0 Å². The lowest BCUT2D eigenvalue weighted by molar-refractivity contribution is -0.384. The first-order valence-electron chi connectivity index (χ1n) is 8.36. The molecule has 0 aliphatic rings. The Bertz CT molecular complexity index is 987. The minimum Gasteiger partial charge on any atom is -0.326 e. The van der Waals surface area contributed by atoms with Gasteiger partial charge in [-0.1, -0.05) is 12.1 Å². The van der Waals surface area contributed by atoms with Crippen molar-refractivity contribution in [3.63, 3.8) is 0 Å². The van der Waals surface area contributed by atoms with Crippen LogP contribution < -0.4 is 10.6 Å². The molecule has 3 aromatic rings. The Balaban J connectivity index is 1.56. The van der Waals surface area contributed by atoms with E-state index in [2.05, 4.69) is 15.6 Å². The molecule has 8 heteroatoms. The zero-order chi connectivity index (χ0) is 19.9. The number of rotatable bonds is 6. The Hall–Kier alpha value is -4.07. The maximum atomic E-state index is 12.2. The lowest BCUT2D eigenvalue weighted by atomic mass is 10.1. The maximum Gasteiger partial charge on any atom is 0.269 e. The van der Waals surface area contributed by atoms with Crippen LogP contribution in [0.1, 0.15) is 15.9 Å². The quantitative estimate of drug-likeness (QED) is 0.505. The third kappa shape index (κ3) is 4.98. The van der Waals surface area contributed by atoms with Crippen LogP contribution in [0.3, 0.4) is 0 Å². The average Bonchev–Trinajstić information content (AvgIpc) is 2.69. The molecule has 2 N–H and O–H groups in total. The van der Waals surface area contributed by atoms with Crippen molar-refractivity contribution in [2.75, 3.05) is 10.6 Å². The summed E-state index contributed by atoms with van der Waals surface area (Å²) in [5, 5.41) is 16.1. The summed E-state index contributed by atoms with van der Waals surface area (Å²) < 4.78 is 0. The molecule has 28 heavy (non-hydrogen) atoms. The number of benzene rings is 2. The maximum absolute atomic E-state index is 12.2. The first kappa shape index (κ1) is 18.7. The molecule has 0 saturated carbocycles. The summed E-state index contributed by atoms with van der Waals surface area (Å²) in [6.45, 7) is 0. The van der Waals surface area contributed by atoms with E-state index in [-0.39, 0.29) is 23.9 Å². The predicted molar refractivity (Wildman–Crippen MR) is 104 cm³/mol. The van der Waals surface area contributed by atoms with Gasteiger partial charge < -0.3 is 10.6 Å². The number of carbonyl (C=O) groups excluding carboxylic acids is 2. The number of aromatic nitrogens is 1. The molecule has 0 fully saturated rings. The van der Waals surface area contributed by atoms with E-state index in [1.165, 1.54) is 12.1 Å². The van der Waals surface area contributed by atoms with Crippen LogP contribution in [0.15, 0.2) is 73.1 Å². The largest absolute Gasteiger partial charge is 0.326 e. The number of pyridine rings is 1. The Labute approximate surface area is 160 Å². The number of nitro benzene ring substituents is 1. The number of nitrogens with one attached hydrogen (secondary N) is 2. The van der Waals surface area contributed by atoms with E-state index in [4.69, 9.17) is 0 Å². The van der Waals surface area contributed by atoms with Crippen molar-refractivity contribution in [3.8, 4) is 0 Å². The van der Waals surface area contributed by atoms with Crippen LogP contribution in [0.25, 0.3) is 0 Å². The van der Waals surface area contributed by atoms with Crippen LogP contribution in [-0.4, -0.2) is 21.7 Å². The highest BCUT2D eigenvalue weighted by molar-refractivity contribution is 6.04. The molecule has 0 saturated heterocycles. The molecule has 2 aromatic carbocycles. The molecular formula is C20H16N4O4. The molecule has 0 aliphatic carbocycles. The van der Waals surface area contributed by atoms with E-state index in [1.807, 2.05) is 0 Å². The van der Waals surface area contributed by atoms with Gasteiger partial charge in [-0.15, -0.1) is 0 Å². The van der Waals surface area contributed by atoms with Gasteiger partial charge in [0, 0.05) is 29.6 Å². The van der Waals surface area contributed by atoms with Crippen LogP contribution in [0.2, 0.25) is 0 Å². The molecular weight excluding hydrogens is 360 g/mol. The van der Waals surface area contributed by atoms with Crippen molar-refractivity contribution in [2.24, 2.45) is 0 Å². The molecule has 3 rings (SSSR count). The van der Waals surface area contributed by atoms with Crippen molar-refractivity contribution in [1.82, 2.24) is 4.98 Å². The van der Waals surface area contributed by atoms with Crippen molar-refractivity contribution < 1.29 is 14.5 Å². The third-order valence-corrected chi connectivity index (χ3v) is 3.86. The molecule has 0 aliphatic heterocycles. The third-order valence-electron chi connectivity index (χ3n) is 3.86. The van der Waals surface area contributed by atoms with Gasteiger partial charge in [0.05, 0.1) is 23.2 Å². The van der Waals surface area contributed by atoms with Gasteiger partial charge in [-0.3, -0.25) is 24.7 Å². The number of hydrogen-bond donors (Lipinski definition) is 2. The lowest BCUT2D eigenvalue weighted by Crippen LogP contribution is -2.15. The second-order valence-electron chi connectivity index (χ2n) is 5.92. The summed E-state index contributed by atoms with van der Waals surface area (Å²) in [5.41, 5.74) is 2.22. The highest BCUT2D eigenvalue weighted by atomic mass is 16.6. The zero-order valence-electron chi connectivity index (χ0n) is 14.7. The van der Waals surface area contributed by atoms with Crippen LogP contribution >= 0.6 is 0 Å². The lowest BCUT2D eigenvalue weighted by Gasteiger charge is -2.08. The number of nitro groups is 1. The van der Waals surface area contributed by atoms with Gasteiger partial charge in [-0.25, -0.2) is 0 Å². The van der Waals surface area contributed by atoms with Gasteiger partial charge in [0.25, 0.3) is 11.6 Å². The van der Waals surface area contributed by atoms with E-state index >= 15 is 0 Å². The van der Waals surface area contributed by atoms with Gasteiger partial charge in [-0.2, -0.15) is 0 Å². The number of hydrogen-bond acceptors (Lipinski definition) is 5. The molecule has 0 radical (unpaired) electrons. The first-order valence-corrected chi connectivity index (χ1v) is 8.36. The summed E-state index contributed by atoms with van der Waals surface area (Å²) in [6.07, 6.45) is 3.25. The van der Waals surface area contributed by atoms with Gasteiger partial charge in [-0.05, 0) is 42.0 Å². The summed E-state index contributed by atoms with van der Waals surface area (Å²) in [7, 11) is 0. The van der Waals surface area contributed by atoms with E-state index in [9.17, 15) is 19.7 Å². The summed E-state index contributed by atoms with van der Waals surface area (Å²) in [5.74, 6) is -0.543. The van der Waals surface area contributed by atoms with Crippen LogP contribution in [0, 0.1) is 10.1 Å². The first-order chi connectivity index (χ1) is 13.5. The highest BCUT2D eigenvalue weighted by Gasteiger charge is 2.09. The average molecular weight is 376 g/mol. The van der Waals surface area contributed by atoms with Gasteiger partial charge in [0.1, 0.15) is 0 Å². The Kier molecular flexibility index (Phi) is 5.71. The highest BCUT2D eigenvalue weighted by Crippen LogP contribution is 2.15. The van der Waals surface area contributed by atoms with E-state index < -0.39 is 4.92 Å². The molecule has 0 atom stereocenters. The number of amides is 2. The SMILES string of the molecule is O=C(Cc1ccc([N+](=O)[O-])cc1)Nc1ccc(C(=O)Nc2cccnc2)cc1. The molecule has 0 bridgehead atoms. The fraction of sp³-hybridized carbons (Fsp3) is 0.0500. The Morgan fingerprint density at radius 2 is 1.64 bits per heavy atom. The van der Waals surface area contributed by atoms with Crippen LogP contribution in [0.4, 0.5) is 17.1 Å². The van der Waals surface area contributed by atoms with E-state index in [0.29, 0.717) is 22.5 Å². The number of nitrogens with zero attached hydrogens (tertiary/aromatic N) is 2. The minimum atomic E-state index is -0.490. The van der Waals surface area contributed by atoms with Crippen LogP contribution in [0.5, 0.6) is 0 Å². The number of anilines is 2. The molecule has 0 spiro atoms. The Morgan fingerprint density at radius 1 is 0.929 bits per heavy atom. The zero-order valence-corrected chi connectivity index (χ0v) is 14.7. The predicted octanol–water partition coefficient (Wildman–Crippen LogP) is 3.42. The minimum absolute atomic E-state index is 0.0238. The second kappa shape index (κ2) is 8.54. The van der Waals surface area contributed by atoms with Crippen molar-refractivity contribution in [2.45, 2.75) is 6.42 Å². The smallest absolute Gasteiger partial charge is 0.269 e. The summed E-state index contributed by atoms with van der Waals surface area (Å²) in [4.78, 5) is 38.4. The number of non-ortho nitro benzene ring substituents is 1. The molecule has 1 aromatic heterocycles. The van der Waals surface area contributed by atoms with E-state index in [1.54, 1.807) is 60.9 Å². The van der Waals surface area contributed by atoms with E-state index in [0.717, 1.165) is 0 Å². The summed E-state index contributed by atoms with van der Waals surface area (Å²) >= 11 is 0. The molecule has 1 heterocycles. The molecule has 140 valence electrons. The fourth-order valence-electron chi connectivity index (χ4n) is 2.47. The van der Waals surface area contributed by atoms with Gasteiger partial charge in [0.2, 0.25) is 5.91 Å². The molecule has 2 amide bonds. The monoisotopic (exact) mass is 376 g/mol. The van der Waals surface area contributed by atoms with Crippen LogP contribution in [-0.2, 0) is 11.2 Å². The summed E-state index contributed by atoms with van der Waals surface area (Å²) in [6, 6.07) is 15.7. The normalized spacial score (nSPS) is 10.1. The topological polar surface area (TPSA) is 114 Å². The van der Waals surface area contributed by atoms with Crippen molar-refractivity contribution in [3.05, 3.63) is 94.3 Å². The number of carbonyl (C=O) groups is 2. The molecule has 0 unspecified atom stereocenters. The Morgan fingerprint density at radius 3 is 2.25 bits per heavy atom. The second-order valence-corrected chi connectivity index (χ2v) is 5.92.